The van der Waals surface area contributed by atoms with Crippen molar-refractivity contribution < 1.29 is 24.2 Å². The van der Waals surface area contributed by atoms with Crippen LogP contribution in [-0.4, -0.2) is 30.1 Å². The number of aliphatic carboxylic acids is 1. The van der Waals surface area contributed by atoms with Crippen molar-refractivity contribution in [3.8, 4) is 0 Å². The summed E-state index contributed by atoms with van der Waals surface area (Å²) in [5.74, 6) is -2.38. The van der Waals surface area contributed by atoms with Crippen molar-refractivity contribution in [1.82, 2.24) is 0 Å². The van der Waals surface area contributed by atoms with Crippen molar-refractivity contribution in [3.05, 3.63) is 39.9 Å². The number of carbonyl (C=O) groups is 3. The zero-order valence-electron chi connectivity index (χ0n) is 11.7. The van der Waals surface area contributed by atoms with E-state index in [-0.39, 0.29) is 21.7 Å². The predicted molar refractivity (Wildman–Crippen MR) is 77.4 cm³/mol. The third kappa shape index (κ3) is 4.06. The molecule has 0 atom stereocenters. The van der Waals surface area contributed by atoms with Gasteiger partial charge >= 0.3 is 11.9 Å². The summed E-state index contributed by atoms with van der Waals surface area (Å²) in [4.78, 5) is 34.2. The SMILES string of the molecule is COC(=O)c1cc(NC(=O)C(C)=C(C)C(=O)O)ccc1Cl. The molecule has 1 rings (SSSR count). The van der Waals surface area contributed by atoms with E-state index in [0.29, 0.717) is 5.69 Å². The van der Waals surface area contributed by atoms with Crippen LogP contribution in [0.2, 0.25) is 5.02 Å². The molecule has 0 radical (unpaired) electrons. The lowest BCUT2D eigenvalue weighted by Gasteiger charge is -2.09. The van der Waals surface area contributed by atoms with E-state index in [1.807, 2.05) is 0 Å². The third-order valence-electron chi connectivity index (χ3n) is 2.85. The largest absolute Gasteiger partial charge is 0.478 e. The second-order valence-electron chi connectivity index (χ2n) is 4.20. The Morgan fingerprint density at radius 1 is 1.19 bits per heavy atom. The molecule has 0 saturated carbocycles. The quantitative estimate of drug-likeness (QED) is 0.658. The molecule has 21 heavy (non-hydrogen) atoms. The fourth-order valence-corrected chi connectivity index (χ4v) is 1.62. The Labute approximate surface area is 126 Å². The maximum Gasteiger partial charge on any atom is 0.339 e. The van der Waals surface area contributed by atoms with E-state index in [1.165, 1.54) is 39.2 Å². The first-order valence-corrected chi connectivity index (χ1v) is 6.25. The van der Waals surface area contributed by atoms with Crippen LogP contribution >= 0.6 is 11.6 Å². The van der Waals surface area contributed by atoms with Crippen molar-refractivity contribution in [3.63, 3.8) is 0 Å². The van der Waals surface area contributed by atoms with Crippen molar-refractivity contribution in [2.24, 2.45) is 0 Å². The van der Waals surface area contributed by atoms with Gasteiger partial charge in [0.15, 0.2) is 0 Å². The summed E-state index contributed by atoms with van der Waals surface area (Å²) < 4.78 is 4.57. The summed E-state index contributed by atoms with van der Waals surface area (Å²) in [7, 11) is 1.22. The number of nitrogens with one attached hydrogen (secondary N) is 1. The number of anilines is 1. The number of hydrogen-bond donors (Lipinski definition) is 2. The average molecular weight is 312 g/mol. The summed E-state index contributed by atoms with van der Waals surface area (Å²) in [6, 6.07) is 4.29. The molecule has 7 heteroatoms. The monoisotopic (exact) mass is 311 g/mol. The fraction of sp³-hybridized carbons (Fsp3) is 0.214. The molecule has 0 fully saturated rings. The molecule has 2 N–H and O–H groups in total. The molecule has 0 saturated heterocycles. The Bertz CT molecular complexity index is 636. The molecular formula is C14H14ClNO5. The zero-order chi connectivity index (χ0) is 16.2. The van der Waals surface area contributed by atoms with E-state index in [9.17, 15) is 14.4 Å². The van der Waals surface area contributed by atoms with Crippen LogP contribution in [0.15, 0.2) is 29.3 Å². The first kappa shape index (κ1) is 16.7. The molecule has 1 aromatic rings. The van der Waals surface area contributed by atoms with Gasteiger partial charge in [-0.25, -0.2) is 9.59 Å². The first-order valence-electron chi connectivity index (χ1n) is 5.88. The van der Waals surface area contributed by atoms with Crippen molar-refractivity contribution >= 4 is 35.1 Å². The minimum atomic E-state index is -1.17. The van der Waals surface area contributed by atoms with Gasteiger partial charge in [-0.3, -0.25) is 4.79 Å². The van der Waals surface area contributed by atoms with Crippen LogP contribution in [0, 0.1) is 0 Å². The van der Waals surface area contributed by atoms with Gasteiger partial charge in [0.25, 0.3) is 5.91 Å². The van der Waals surface area contributed by atoms with E-state index in [2.05, 4.69) is 10.1 Å². The molecule has 0 spiro atoms. The lowest BCUT2D eigenvalue weighted by atomic mass is 10.1. The minimum absolute atomic E-state index is 0.0605. The minimum Gasteiger partial charge on any atom is -0.478 e. The molecule has 0 bridgehead atoms. The number of benzene rings is 1. The summed E-state index contributed by atoms with van der Waals surface area (Å²) in [6.45, 7) is 2.73. The average Bonchev–Trinajstić information content (AvgIpc) is 2.46. The molecule has 112 valence electrons. The van der Waals surface area contributed by atoms with Gasteiger partial charge in [0.05, 0.1) is 17.7 Å². The summed E-state index contributed by atoms with van der Waals surface area (Å²) >= 11 is 5.86. The highest BCUT2D eigenvalue weighted by molar-refractivity contribution is 6.33. The second-order valence-corrected chi connectivity index (χ2v) is 4.60. The molecule has 0 aliphatic carbocycles. The van der Waals surface area contributed by atoms with Gasteiger partial charge in [0.2, 0.25) is 0 Å². The van der Waals surface area contributed by atoms with Crippen LogP contribution in [0.4, 0.5) is 5.69 Å². The van der Waals surface area contributed by atoms with E-state index in [0.717, 1.165) is 0 Å². The van der Waals surface area contributed by atoms with Crippen molar-refractivity contribution in [2.75, 3.05) is 12.4 Å². The molecule has 0 unspecified atom stereocenters. The second kappa shape index (κ2) is 6.90. The van der Waals surface area contributed by atoms with Crippen LogP contribution < -0.4 is 5.32 Å². The topological polar surface area (TPSA) is 92.7 Å². The number of hydrogen-bond acceptors (Lipinski definition) is 4. The summed E-state index contributed by atoms with van der Waals surface area (Å²) in [5.41, 5.74) is 0.419. The van der Waals surface area contributed by atoms with E-state index in [4.69, 9.17) is 16.7 Å². The lowest BCUT2D eigenvalue weighted by molar-refractivity contribution is -0.133. The van der Waals surface area contributed by atoms with Crippen LogP contribution in [0.5, 0.6) is 0 Å². The maximum atomic E-state index is 11.9. The molecule has 1 amide bonds. The van der Waals surface area contributed by atoms with Gasteiger partial charge in [-0.05, 0) is 32.0 Å². The van der Waals surface area contributed by atoms with Gasteiger partial charge in [0, 0.05) is 16.8 Å². The number of halogens is 1. The number of carboxylic acids is 1. The molecular weight excluding hydrogens is 298 g/mol. The summed E-state index contributed by atoms with van der Waals surface area (Å²) in [5, 5.41) is 11.5. The first-order chi connectivity index (χ1) is 9.77. The number of esters is 1. The molecule has 1 aromatic carbocycles. The maximum absolute atomic E-state index is 11.9. The Morgan fingerprint density at radius 3 is 2.33 bits per heavy atom. The Morgan fingerprint density at radius 2 is 1.81 bits per heavy atom. The number of ether oxygens (including phenoxy) is 1. The molecule has 6 nitrogen and oxygen atoms in total. The smallest absolute Gasteiger partial charge is 0.339 e. The Kier molecular flexibility index (Phi) is 5.49. The Balaban J connectivity index is 3.04. The van der Waals surface area contributed by atoms with Gasteiger partial charge < -0.3 is 15.2 Å². The van der Waals surface area contributed by atoms with Gasteiger partial charge in [-0.1, -0.05) is 11.6 Å². The van der Waals surface area contributed by atoms with Crippen LogP contribution in [0.3, 0.4) is 0 Å². The predicted octanol–water partition coefficient (Wildman–Crippen LogP) is 2.49. The number of carboxylic acid groups (broad SMARTS) is 1. The van der Waals surface area contributed by atoms with Crippen LogP contribution in [0.1, 0.15) is 24.2 Å². The highest BCUT2D eigenvalue weighted by Crippen LogP contribution is 2.22. The van der Waals surface area contributed by atoms with Gasteiger partial charge in [-0.2, -0.15) is 0 Å². The van der Waals surface area contributed by atoms with Gasteiger partial charge in [-0.15, -0.1) is 0 Å². The van der Waals surface area contributed by atoms with Crippen LogP contribution in [0.25, 0.3) is 0 Å². The van der Waals surface area contributed by atoms with Crippen LogP contribution in [-0.2, 0) is 14.3 Å². The van der Waals surface area contributed by atoms with E-state index < -0.39 is 17.8 Å². The van der Waals surface area contributed by atoms with Gasteiger partial charge in [0.1, 0.15) is 0 Å². The highest BCUT2D eigenvalue weighted by Gasteiger charge is 2.15. The number of amides is 1. The Hall–Kier alpha value is -2.34. The van der Waals surface area contributed by atoms with Crippen molar-refractivity contribution in [2.45, 2.75) is 13.8 Å². The zero-order valence-corrected chi connectivity index (χ0v) is 12.4. The standard InChI is InChI=1S/C14H14ClNO5/c1-7(8(2)13(18)19)12(17)16-9-4-5-11(15)10(6-9)14(20)21-3/h4-6H,1-3H3,(H,16,17)(H,18,19). The number of rotatable bonds is 4. The van der Waals surface area contributed by atoms with E-state index >= 15 is 0 Å². The highest BCUT2D eigenvalue weighted by atomic mass is 35.5. The summed E-state index contributed by atoms with van der Waals surface area (Å²) in [6.07, 6.45) is 0. The molecule has 0 heterocycles. The third-order valence-corrected chi connectivity index (χ3v) is 3.18. The number of carbonyl (C=O) groups excluding carboxylic acids is 2. The molecule has 0 aromatic heterocycles. The van der Waals surface area contributed by atoms with E-state index in [1.54, 1.807) is 0 Å². The normalized spacial score (nSPS) is 11.4. The van der Waals surface area contributed by atoms with Crippen molar-refractivity contribution in [1.29, 1.82) is 0 Å². The number of methoxy groups -OCH3 is 1. The molecule has 0 aliphatic rings. The molecule has 0 aliphatic heterocycles. The fourth-order valence-electron chi connectivity index (χ4n) is 1.42. The lowest BCUT2D eigenvalue weighted by Crippen LogP contribution is -2.16.